The van der Waals surface area contributed by atoms with Crippen LogP contribution in [-0.4, -0.2) is 72.0 Å². The molecule has 0 radical (unpaired) electrons. The first kappa shape index (κ1) is 17.6. The van der Waals surface area contributed by atoms with E-state index in [1.54, 1.807) is 6.20 Å². The maximum absolute atomic E-state index is 5.80. The van der Waals surface area contributed by atoms with E-state index >= 15 is 0 Å². The Labute approximate surface area is 163 Å². The summed E-state index contributed by atoms with van der Waals surface area (Å²) < 4.78 is 11.3. The van der Waals surface area contributed by atoms with Gasteiger partial charge in [0.1, 0.15) is 11.6 Å². The van der Waals surface area contributed by atoms with Gasteiger partial charge in [0.15, 0.2) is 5.82 Å². The van der Waals surface area contributed by atoms with E-state index in [0.717, 1.165) is 81.8 Å². The summed E-state index contributed by atoms with van der Waals surface area (Å²) in [6.07, 6.45) is 3.41. The van der Waals surface area contributed by atoms with Crippen LogP contribution < -0.4 is 15.5 Å². The van der Waals surface area contributed by atoms with Crippen LogP contribution in [0.4, 0.5) is 17.6 Å². The van der Waals surface area contributed by atoms with Gasteiger partial charge in [0.05, 0.1) is 43.7 Å². The quantitative estimate of drug-likeness (QED) is 0.819. The fourth-order valence-electron chi connectivity index (χ4n) is 4.27. The molecular formula is C19H25N7O2. The zero-order chi connectivity index (χ0) is 19.1. The van der Waals surface area contributed by atoms with Crippen LogP contribution in [0.5, 0.6) is 0 Å². The van der Waals surface area contributed by atoms with Crippen LogP contribution in [0.3, 0.4) is 0 Å². The Bertz CT molecular complexity index is 885. The molecule has 2 saturated heterocycles. The molecule has 3 aliphatic rings. The Morgan fingerprint density at radius 2 is 1.86 bits per heavy atom. The molecule has 0 spiro atoms. The maximum atomic E-state index is 5.80. The number of nitrogens with zero attached hydrogens (tertiary/aromatic N) is 6. The SMILES string of the molecule is CCc1nc(N)ncc1-c1nc(N2CCOCC2)c2c(n1)N1CCOC[C@@H]1C2. The minimum atomic E-state index is 0.281. The van der Waals surface area contributed by atoms with Gasteiger partial charge >= 0.3 is 0 Å². The standard InChI is InChI=1S/C19H25N7O2/c1-2-15-14(10-21-19(20)22-15)16-23-17(25-3-6-27-7-4-25)13-9-12-11-28-8-5-26(12)18(13)24-16/h10,12H,2-9,11H2,1H3,(H2,20,21,22)/t12-/m0/s1. The minimum Gasteiger partial charge on any atom is -0.378 e. The van der Waals surface area contributed by atoms with E-state index in [-0.39, 0.29) is 5.95 Å². The smallest absolute Gasteiger partial charge is 0.220 e. The second-order valence-corrected chi connectivity index (χ2v) is 7.34. The molecule has 148 valence electrons. The summed E-state index contributed by atoms with van der Waals surface area (Å²) in [7, 11) is 0. The molecule has 1 atom stereocenters. The van der Waals surface area contributed by atoms with E-state index in [1.807, 2.05) is 0 Å². The fourth-order valence-corrected chi connectivity index (χ4v) is 4.27. The lowest BCUT2D eigenvalue weighted by Gasteiger charge is -2.31. The lowest BCUT2D eigenvalue weighted by Crippen LogP contribution is -2.43. The number of hydrogen-bond acceptors (Lipinski definition) is 9. The Hall–Kier alpha value is -2.52. The number of nitrogen functional groups attached to an aromatic ring is 1. The average molecular weight is 383 g/mol. The number of rotatable bonds is 3. The molecule has 3 aliphatic heterocycles. The van der Waals surface area contributed by atoms with Gasteiger partial charge in [-0.3, -0.25) is 0 Å². The molecular weight excluding hydrogens is 358 g/mol. The highest BCUT2D eigenvalue weighted by Gasteiger charge is 2.37. The van der Waals surface area contributed by atoms with Crippen molar-refractivity contribution in [2.45, 2.75) is 25.8 Å². The monoisotopic (exact) mass is 383 g/mol. The van der Waals surface area contributed by atoms with Crippen LogP contribution in [0.1, 0.15) is 18.2 Å². The second kappa shape index (κ2) is 7.14. The van der Waals surface area contributed by atoms with Crippen molar-refractivity contribution in [1.29, 1.82) is 0 Å². The summed E-state index contributed by atoms with van der Waals surface area (Å²) >= 11 is 0. The molecule has 5 heterocycles. The van der Waals surface area contributed by atoms with Crippen LogP contribution in [-0.2, 0) is 22.3 Å². The number of morpholine rings is 2. The molecule has 0 aromatic carbocycles. The third kappa shape index (κ3) is 2.94. The molecule has 0 saturated carbocycles. The maximum Gasteiger partial charge on any atom is 0.220 e. The Morgan fingerprint density at radius 3 is 2.68 bits per heavy atom. The van der Waals surface area contributed by atoms with Crippen LogP contribution in [0, 0.1) is 0 Å². The van der Waals surface area contributed by atoms with E-state index in [0.29, 0.717) is 11.9 Å². The minimum absolute atomic E-state index is 0.281. The summed E-state index contributed by atoms with van der Waals surface area (Å²) in [5.74, 6) is 2.99. The third-order valence-corrected chi connectivity index (χ3v) is 5.68. The van der Waals surface area contributed by atoms with E-state index in [9.17, 15) is 0 Å². The van der Waals surface area contributed by atoms with Gasteiger partial charge in [-0.25, -0.2) is 19.9 Å². The topological polar surface area (TPSA) is 103 Å². The molecule has 2 aromatic heterocycles. The van der Waals surface area contributed by atoms with Crippen molar-refractivity contribution in [3.8, 4) is 11.4 Å². The molecule has 0 bridgehead atoms. The van der Waals surface area contributed by atoms with Crippen molar-refractivity contribution in [1.82, 2.24) is 19.9 Å². The average Bonchev–Trinajstić information content (AvgIpc) is 3.12. The molecule has 0 unspecified atom stereocenters. The molecule has 2 aromatic rings. The van der Waals surface area contributed by atoms with Crippen LogP contribution in [0.2, 0.25) is 0 Å². The normalized spacial score (nSPS) is 21.5. The molecule has 28 heavy (non-hydrogen) atoms. The highest BCUT2D eigenvalue weighted by molar-refractivity contribution is 5.71. The Balaban J connectivity index is 1.65. The number of anilines is 3. The molecule has 0 amide bonds. The van der Waals surface area contributed by atoms with Crippen molar-refractivity contribution in [3.63, 3.8) is 0 Å². The summed E-state index contributed by atoms with van der Waals surface area (Å²) in [5.41, 5.74) is 8.74. The highest BCUT2D eigenvalue weighted by atomic mass is 16.5. The highest BCUT2D eigenvalue weighted by Crippen LogP contribution is 2.39. The van der Waals surface area contributed by atoms with Crippen molar-refractivity contribution in [2.24, 2.45) is 0 Å². The largest absolute Gasteiger partial charge is 0.378 e. The first-order valence-corrected chi connectivity index (χ1v) is 9.94. The van der Waals surface area contributed by atoms with E-state index in [1.165, 1.54) is 5.56 Å². The zero-order valence-electron chi connectivity index (χ0n) is 16.1. The van der Waals surface area contributed by atoms with Gasteiger partial charge in [-0.05, 0) is 6.42 Å². The fraction of sp³-hybridized carbons (Fsp3) is 0.579. The van der Waals surface area contributed by atoms with Crippen molar-refractivity contribution < 1.29 is 9.47 Å². The number of nitrogens with two attached hydrogens (primary N) is 1. The van der Waals surface area contributed by atoms with E-state index < -0.39 is 0 Å². The number of aryl methyl sites for hydroxylation is 1. The summed E-state index contributed by atoms with van der Waals surface area (Å²) in [6.45, 7) is 7.48. The lowest BCUT2D eigenvalue weighted by atomic mass is 10.1. The predicted molar refractivity (Wildman–Crippen MR) is 106 cm³/mol. The first-order valence-electron chi connectivity index (χ1n) is 9.94. The Kier molecular flexibility index (Phi) is 4.48. The lowest BCUT2D eigenvalue weighted by molar-refractivity contribution is 0.0973. The van der Waals surface area contributed by atoms with Gasteiger partial charge in [0.25, 0.3) is 0 Å². The molecule has 0 aliphatic carbocycles. The summed E-state index contributed by atoms with van der Waals surface area (Å²) in [4.78, 5) is 23.3. The van der Waals surface area contributed by atoms with E-state index in [2.05, 4.69) is 26.7 Å². The van der Waals surface area contributed by atoms with Crippen LogP contribution in [0.15, 0.2) is 6.20 Å². The van der Waals surface area contributed by atoms with Gasteiger partial charge in [-0.1, -0.05) is 6.92 Å². The van der Waals surface area contributed by atoms with Crippen molar-refractivity contribution in [3.05, 3.63) is 17.5 Å². The van der Waals surface area contributed by atoms with Gasteiger partial charge in [-0.15, -0.1) is 0 Å². The van der Waals surface area contributed by atoms with E-state index in [4.69, 9.17) is 25.2 Å². The molecule has 2 fully saturated rings. The second-order valence-electron chi connectivity index (χ2n) is 7.34. The molecule has 2 N–H and O–H groups in total. The van der Waals surface area contributed by atoms with Gasteiger partial charge < -0.3 is 25.0 Å². The van der Waals surface area contributed by atoms with Crippen LogP contribution in [0.25, 0.3) is 11.4 Å². The first-order chi connectivity index (χ1) is 13.7. The van der Waals surface area contributed by atoms with Crippen molar-refractivity contribution >= 4 is 17.6 Å². The number of aromatic nitrogens is 4. The molecule has 9 nitrogen and oxygen atoms in total. The van der Waals surface area contributed by atoms with Gasteiger partial charge in [0.2, 0.25) is 5.95 Å². The van der Waals surface area contributed by atoms with Gasteiger partial charge in [-0.2, -0.15) is 0 Å². The number of ether oxygens (including phenoxy) is 2. The molecule has 9 heteroatoms. The summed E-state index contributed by atoms with van der Waals surface area (Å²) in [5, 5.41) is 0. The predicted octanol–water partition coefficient (Wildman–Crippen LogP) is 0.676. The third-order valence-electron chi connectivity index (χ3n) is 5.68. The zero-order valence-corrected chi connectivity index (χ0v) is 16.1. The number of fused-ring (bicyclic) bond motifs is 3. The van der Waals surface area contributed by atoms with Crippen molar-refractivity contribution in [2.75, 3.05) is 61.6 Å². The Morgan fingerprint density at radius 1 is 1.07 bits per heavy atom. The summed E-state index contributed by atoms with van der Waals surface area (Å²) in [6, 6.07) is 0.335. The van der Waals surface area contributed by atoms with Crippen LogP contribution >= 0.6 is 0 Å². The van der Waals surface area contributed by atoms with Gasteiger partial charge in [0, 0.05) is 37.8 Å². The molecule has 5 rings (SSSR count). The number of hydrogen-bond donors (Lipinski definition) is 1.